The van der Waals surface area contributed by atoms with Crippen molar-refractivity contribution >= 4 is 11.5 Å². The summed E-state index contributed by atoms with van der Waals surface area (Å²) in [6, 6.07) is 6.29. The molecule has 1 aliphatic heterocycles. The number of methoxy groups -OCH3 is 2. The van der Waals surface area contributed by atoms with Gasteiger partial charge >= 0.3 is 0 Å². The molecule has 0 saturated heterocycles. The first kappa shape index (κ1) is 19.7. The summed E-state index contributed by atoms with van der Waals surface area (Å²) in [6.45, 7) is 7.95. The van der Waals surface area contributed by atoms with E-state index < -0.39 is 0 Å². The van der Waals surface area contributed by atoms with Crippen molar-refractivity contribution in [2.24, 2.45) is 0 Å². The smallest absolute Gasteiger partial charge is 0.165 e. The van der Waals surface area contributed by atoms with Crippen LogP contribution < -0.4 is 10.1 Å². The average Bonchev–Trinajstić information content (AvgIpc) is 3.31. The summed E-state index contributed by atoms with van der Waals surface area (Å²) in [5.41, 5.74) is 7.11. The van der Waals surface area contributed by atoms with Crippen LogP contribution in [0.1, 0.15) is 35.9 Å². The third-order valence-electron chi connectivity index (χ3n) is 5.51. The molecule has 0 unspecified atom stereocenters. The van der Waals surface area contributed by atoms with Crippen molar-refractivity contribution in [3.05, 3.63) is 40.7 Å². The Bertz CT molecular complexity index is 1040. The van der Waals surface area contributed by atoms with Crippen LogP contribution >= 0.6 is 0 Å². The molecule has 7 nitrogen and oxygen atoms in total. The van der Waals surface area contributed by atoms with E-state index in [4.69, 9.17) is 24.3 Å². The van der Waals surface area contributed by atoms with Gasteiger partial charge < -0.3 is 19.5 Å². The molecule has 0 saturated carbocycles. The maximum atomic E-state index is 5.71. The van der Waals surface area contributed by atoms with E-state index in [0.29, 0.717) is 19.8 Å². The van der Waals surface area contributed by atoms with Crippen LogP contribution in [0, 0.1) is 13.8 Å². The molecular formula is C22H28N4O3. The van der Waals surface area contributed by atoms with Crippen molar-refractivity contribution in [3.8, 4) is 16.9 Å². The highest BCUT2D eigenvalue weighted by atomic mass is 16.5. The fourth-order valence-corrected chi connectivity index (χ4v) is 3.92. The minimum Gasteiger partial charge on any atom is -0.497 e. The van der Waals surface area contributed by atoms with Gasteiger partial charge in [-0.05, 0) is 43.5 Å². The monoisotopic (exact) mass is 396 g/mol. The second-order valence-corrected chi connectivity index (χ2v) is 7.46. The first-order chi connectivity index (χ1) is 14.1. The van der Waals surface area contributed by atoms with E-state index in [1.54, 1.807) is 14.2 Å². The lowest BCUT2D eigenvalue weighted by molar-refractivity contribution is 0.133. The first-order valence-electron chi connectivity index (χ1n) is 9.96. The SMILES string of the molecule is CC[C@H](COC)Nc1c2c(nc3c(-c4ccc(OC)cc4C)c(C)nn13)COC2. The molecule has 0 spiro atoms. The highest BCUT2D eigenvalue weighted by molar-refractivity contribution is 5.83. The molecule has 0 radical (unpaired) electrons. The summed E-state index contributed by atoms with van der Waals surface area (Å²) in [6.07, 6.45) is 0.942. The standard InChI is InChI=1S/C22H28N4O3/c1-6-15(10-27-4)23-21-18-11-29-12-19(18)24-22-20(14(3)25-26(21)22)17-8-7-16(28-5)9-13(17)2/h7-9,15,23H,6,10-12H2,1-5H3/t15-/m1/s1. The zero-order valence-corrected chi connectivity index (χ0v) is 17.7. The van der Waals surface area contributed by atoms with Crippen molar-refractivity contribution in [3.63, 3.8) is 0 Å². The third kappa shape index (κ3) is 3.45. The lowest BCUT2D eigenvalue weighted by atomic mass is 10.0. The van der Waals surface area contributed by atoms with Gasteiger partial charge in [-0.25, -0.2) is 4.98 Å². The number of hydrogen-bond acceptors (Lipinski definition) is 6. The zero-order valence-electron chi connectivity index (χ0n) is 17.7. The summed E-state index contributed by atoms with van der Waals surface area (Å²) in [5.74, 6) is 1.79. The quantitative estimate of drug-likeness (QED) is 0.653. The number of hydrogen-bond donors (Lipinski definition) is 1. The van der Waals surface area contributed by atoms with Gasteiger partial charge in [-0.2, -0.15) is 9.61 Å². The summed E-state index contributed by atoms with van der Waals surface area (Å²) in [4.78, 5) is 4.95. The maximum absolute atomic E-state index is 5.71. The highest BCUT2D eigenvalue weighted by Gasteiger charge is 2.26. The Labute approximate surface area is 171 Å². The Morgan fingerprint density at radius 3 is 2.76 bits per heavy atom. The van der Waals surface area contributed by atoms with Crippen molar-refractivity contribution in [1.82, 2.24) is 14.6 Å². The predicted molar refractivity (Wildman–Crippen MR) is 113 cm³/mol. The van der Waals surface area contributed by atoms with Gasteiger partial charge in [0.05, 0.1) is 44.4 Å². The van der Waals surface area contributed by atoms with E-state index >= 15 is 0 Å². The Balaban J connectivity index is 1.91. The minimum atomic E-state index is 0.186. The van der Waals surface area contributed by atoms with Gasteiger partial charge in [0, 0.05) is 18.2 Å². The molecule has 2 aromatic heterocycles. The van der Waals surface area contributed by atoms with Gasteiger partial charge in [0.2, 0.25) is 0 Å². The number of aromatic nitrogens is 3. The van der Waals surface area contributed by atoms with E-state index in [1.165, 1.54) is 0 Å². The Morgan fingerprint density at radius 2 is 2.07 bits per heavy atom. The number of benzene rings is 1. The molecule has 4 rings (SSSR count). The summed E-state index contributed by atoms with van der Waals surface area (Å²) in [5, 5.41) is 8.50. The molecule has 1 aromatic carbocycles. The van der Waals surface area contributed by atoms with Crippen molar-refractivity contribution in [1.29, 1.82) is 0 Å². The van der Waals surface area contributed by atoms with E-state index in [-0.39, 0.29) is 6.04 Å². The van der Waals surface area contributed by atoms with Gasteiger partial charge in [0.25, 0.3) is 0 Å². The largest absolute Gasteiger partial charge is 0.497 e. The van der Waals surface area contributed by atoms with Crippen LogP contribution in [0.2, 0.25) is 0 Å². The molecule has 154 valence electrons. The number of fused-ring (bicyclic) bond motifs is 2. The predicted octanol–water partition coefficient (Wildman–Crippen LogP) is 3.89. The number of nitrogens with zero attached hydrogens (tertiary/aromatic N) is 3. The molecule has 1 aliphatic rings. The average molecular weight is 396 g/mol. The number of anilines is 1. The molecule has 1 atom stereocenters. The van der Waals surface area contributed by atoms with Gasteiger partial charge in [0.1, 0.15) is 11.6 Å². The molecule has 29 heavy (non-hydrogen) atoms. The van der Waals surface area contributed by atoms with Crippen molar-refractivity contribution in [2.75, 3.05) is 26.1 Å². The molecule has 0 amide bonds. The maximum Gasteiger partial charge on any atom is 0.165 e. The van der Waals surface area contributed by atoms with Crippen molar-refractivity contribution < 1.29 is 14.2 Å². The fraction of sp³-hybridized carbons (Fsp3) is 0.455. The molecular weight excluding hydrogens is 368 g/mol. The minimum absolute atomic E-state index is 0.186. The second-order valence-electron chi connectivity index (χ2n) is 7.46. The van der Waals surface area contributed by atoms with Crippen LogP contribution in [-0.2, 0) is 22.7 Å². The van der Waals surface area contributed by atoms with Crippen LogP contribution in [0.15, 0.2) is 18.2 Å². The molecule has 0 aliphatic carbocycles. The summed E-state index contributed by atoms with van der Waals surface area (Å²) < 4.78 is 18.4. The van der Waals surface area contributed by atoms with Gasteiger partial charge in [-0.3, -0.25) is 0 Å². The number of aryl methyl sites for hydroxylation is 2. The summed E-state index contributed by atoms with van der Waals surface area (Å²) >= 11 is 0. The van der Waals surface area contributed by atoms with Gasteiger partial charge in [0.15, 0.2) is 5.65 Å². The molecule has 1 N–H and O–H groups in total. The normalized spacial score (nSPS) is 14.2. The highest BCUT2D eigenvalue weighted by Crippen LogP contribution is 2.36. The molecule has 7 heteroatoms. The number of rotatable bonds is 7. The Kier molecular flexibility index (Phi) is 5.43. The van der Waals surface area contributed by atoms with Crippen LogP contribution in [-0.4, -0.2) is 41.5 Å². The van der Waals surface area contributed by atoms with Gasteiger partial charge in [-0.15, -0.1) is 0 Å². The third-order valence-corrected chi connectivity index (χ3v) is 5.51. The van der Waals surface area contributed by atoms with Crippen LogP contribution in [0.25, 0.3) is 16.8 Å². The lowest BCUT2D eigenvalue weighted by Crippen LogP contribution is -2.26. The van der Waals surface area contributed by atoms with Crippen LogP contribution in [0.3, 0.4) is 0 Å². The van der Waals surface area contributed by atoms with Gasteiger partial charge in [-0.1, -0.05) is 13.0 Å². The molecule has 3 aromatic rings. The van der Waals surface area contributed by atoms with Crippen molar-refractivity contribution in [2.45, 2.75) is 46.4 Å². The Morgan fingerprint density at radius 1 is 1.24 bits per heavy atom. The zero-order chi connectivity index (χ0) is 20.5. The van der Waals surface area contributed by atoms with E-state index in [0.717, 1.165) is 57.3 Å². The Hall–Kier alpha value is -2.64. The second kappa shape index (κ2) is 8.00. The van der Waals surface area contributed by atoms with Crippen LogP contribution in [0.4, 0.5) is 5.82 Å². The molecule has 0 fully saturated rings. The topological polar surface area (TPSA) is 69.9 Å². The van der Waals surface area contributed by atoms with Crippen LogP contribution in [0.5, 0.6) is 5.75 Å². The van der Waals surface area contributed by atoms with E-state index in [1.807, 2.05) is 23.6 Å². The van der Waals surface area contributed by atoms with E-state index in [9.17, 15) is 0 Å². The fourth-order valence-electron chi connectivity index (χ4n) is 3.92. The molecule has 3 heterocycles. The molecule has 0 bridgehead atoms. The number of nitrogens with one attached hydrogen (secondary N) is 1. The number of ether oxygens (including phenoxy) is 3. The van der Waals surface area contributed by atoms with E-state index in [2.05, 4.69) is 25.2 Å². The lowest BCUT2D eigenvalue weighted by Gasteiger charge is -2.20. The first-order valence-corrected chi connectivity index (χ1v) is 9.96. The summed E-state index contributed by atoms with van der Waals surface area (Å²) in [7, 11) is 3.41.